The Labute approximate surface area is 221 Å². The maximum absolute atomic E-state index is 7.37. The van der Waals surface area contributed by atoms with Gasteiger partial charge in [-0.25, -0.2) is 0 Å². The van der Waals surface area contributed by atoms with E-state index in [2.05, 4.69) is 143 Å². The Hall–Kier alpha value is 3.31. The maximum Gasteiger partial charge on any atom is 0.159 e. The van der Waals surface area contributed by atoms with E-state index in [0.29, 0.717) is 0 Å². The van der Waals surface area contributed by atoms with Crippen molar-refractivity contribution in [3.8, 4) is 0 Å². The Morgan fingerprint density at radius 3 is 1.88 bits per heavy atom. The predicted octanol–water partition coefficient (Wildman–Crippen LogP) is 9.87. The lowest BCUT2D eigenvalue weighted by molar-refractivity contribution is 0.534. The highest BCUT2D eigenvalue weighted by Crippen LogP contribution is 2.69. The van der Waals surface area contributed by atoms with Gasteiger partial charge >= 0.3 is 0 Å². The molecular weight excluding hydrogens is 923 g/mol. The first kappa shape index (κ1) is 23.6. The fraction of sp³-hybridized carbons (Fsp3) is 0.286. The number of halogens is 10. The Kier molecular flexibility index (Phi) is 8.44. The molecule has 0 fully saturated rings. The van der Waals surface area contributed by atoms with E-state index in [1.807, 2.05) is 30.3 Å². The molecule has 3 atom stereocenters. The van der Waals surface area contributed by atoms with Gasteiger partial charge in [0.05, 0.1) is 4.83 Å². The van der Waals surface area contributed by atoms with Crippen molar-refractivity contribution in [2.45, 2.75) is 16.2 Å². The Morgan fingerprint density at radius 2 is 1.42 bits per heavy atom. The molecule has 0 nitrogen and oxygen atoms in total. The normalized spacial score (nSPS) is 28.2. The van der Waals surface area contributed by atoms with Gasteiger partial charge in [0.2, 0.25) is 0 Å². The van der Waals surface area contributed by atoms with Crippen LogP contribution in [0.4, 0.5) is 0 Å². The zero-order chi connectivity index (χ0) is 18.5. The van der Waals surface area contributed by atoms with Gasteiger partial charge in [0, 0.05) is 17.9 Å². The topological polar surface area (TPSA) is 0 Å². The van der Waals surface area contributed by atoms with Crippen LogP contribution in [0.15, 0.2) is 48.3 Å². The summed E-state index contributed by atoms with van der Waals surface area (Å²) in [5.74, 6) is 0. The van der Waals surface area contributed by atoms with Crippen LogP contribution < -0.4 is 0 Å². The minimum absolute atomic E-state index is 0.181. The summed E-state index contributed by atoms with van der Waals surface area (Å²) < 4.78 is 1.96. The van der Waals surface area contributed by atoms with Gasteiger partial charge < -0.3 is 0 Å². The monoisotopic (exact) mass is 919 g/mol. The third kappa shape index (κ3) is 3.73. The molecule has 0 aromatic heterocycles. The summed E-state index contributed by atoms with van der Waals surface area (Å²) in [6.45, 7) is 0. The van der Waals surface area contributed by atoms with Crippen LogP contribution in [0.2, 0.25) is 0 Å². The second-order valence-corrected chi connectivity index (χ2v) is 17.6. The van der Waals surface area contributed by atoms with Crippen molar-refractivity contribution >= 4 is 155 Å². The van der Waals surface area contributed by atoms with Gasteiger partial charge in [-0.1, -0.05) is 142 Å². The predicted molar refractivity (Wildman–Crippen MR) is 138 cm³/mol. The lowest BCUT2D eigenvalue weighted by Gasteiger charge is -2.51. The van der Waals surface area contributed by atoms with Gasteiger partial charge in [-0.15, -0.1) is 11.6 Å². The van der Waals surface area contributed by atoms with E-state index < -0.39 is 11.3 Å². The van der Waals surface area contributed by atoms with Crippen molar-refractivity contribution < 1.29 is 0 Å². The Morgan fingerprint density at radius 1 is 0.917 bits per heavy atom. The van der Waals surface area contributed by atoms with E-state index in [9.17, 15) is 0 Å². The average molecular weight is 929 g/mol. The van der Waals surface area contributed by atoms with Gasteiger partial charge in [-0.3, -0.25) is 0 Å². The zero-order valence-corrected chi connectivity index (χ0v) is 26.3. The Balaban J connectivity index is 2.86. The van der Waals surface area contributed by atoms with Crippen LogP contribution in [-0.4, -0.2) is 11.3 Å². The molecular formula is C14H6Br9Cl. The molecule has 0 heterocycles. The summed E-state index contributed by atoms with van der Waals surface area (Å²) in [5, 5.41) is 0. The van der Waals surface area contributed by atoms with Gasteiger partial charge in [-0.2, -0.15) is 0 Å². The third-order valence-electron chi connectivity index (χ3n) is 3.55. The van der Waals surface area contributed by atoms with Crippen LogP contribution in [0.3, 0.4) is 0 Å². The van der Waals surface area contributed by atoms with Crippen LogP contribution in [0, 0.1) is 0 Å². The molecule has 1 aromatic rings. The van der Waals surface area contributed by atoms with E-state index in [-0.39, 0.29) is 4.83 Å². The number of alkyl halides is 6. The summed E-state index contributed by atoms with van der Waals surface area (Å²) in [6.07, 6.45) is 0. The first-order valence-electron chi connectivity index (χ1n) is 6.16. The molecule has 0 spiro atoms. The molecule has 1 aromatic carbocycles. The van der Waals surface area contributed by atoms with Crippen LogP contribution in [0.25, 0.3) is 0 Å². The van der Waals surface area contributed by atoms with Gasteiger partial charge in [-0.05, 0) is 37.4 Å². The van der Waals surface area contributed by atoms with E-state index >= 15 is 0 Å². The second kappa shape index (κ2) is 8.58. The second-order valence-electron chi connectivity index (χ2n) is 4.89. The van der Waals surface area contributed by atoms with E-state index in [4.69, 9.17) is 11.6 Å². The molecule has 24 heavy (non-hydrogen) atoms. The molecule has 1 aliphatic carbocycles. The lowest BCUT2D eigenvalue weighted by atomic mass is 9.82. The van der Waals surface area contributed by atoms with Gasteiger partial charge in [0.25, 0.3) is 0 Å². The van der Waals surface area contributed by atoms with Crippen molar-refractivity contribution in [3.05, 3.63) is 53.8 Å². The smallest absolute Gasteiger partial charge is 0.109 e. The fourth-order valence-electron chi connectivity index (χ4n) is 2.33. The maximum atomic E-state index is 7.37. The summed E-state index contributed by atoms with van der Waals surface area (Å²) in [4.78, 5) is -1.18. The summed E-state index contributed by atoms with van der Waals surface area (Å²) in [7, 11) is 0. The average Bonchev–Trinajstić information content (AvgIpc) is 2.55. The molecule has 1 aliphatic rings. The first-order chi connectivity index (χ1) is 10.9. The van der Waals surface area contributed by atoms with Gasteiger partial charge in [0.15, 0.2) is 2.14 Å². The summed E-state index contributed by atoms with van der Waals surface area (Å²) >= 11 is 40.7. The molecule has 0 bridgehead atoms. The van der Waals surface area contributed by atoms with Crippen LogP contribution in [-0.2, 0) is 4.87 Å². The summed E-state index contributed by atoms with van der Waals surface area (Å²) in [6, 6.07) is 9.86. The standard InChI is InChI=1S/C14H6Br9Cl/c15-7-8(16)10(18)12(20,11(19)9(7)17)13(24,14(21,22)23)6-4-2-1-3-5-6/h1-5,10H. The number of benzene rings is 1. The van der Waals surface area contributed by atoms with E-state index in [1.54, 1.807) is 0 Å². The Bertz CT molecular complexity index is 709. The molecule has 0 N–H and O–H groups in total. The molecule has 2 rings (SSSR count). The molecule has 0 saturated heterocycles. The third-order valence-corrected chi connectivity index (χ3v) is 16.5. The zero-order valence-electron chi connectivity index (χ0n) is 11.2. The number of hydrogen-bond donors (Lipinski definition) is 0. The number of hydrogen-bond acceptors (Lipinski definition) is 0. The van der Waals surface area contributed by atoms with E-state index in [0.717, 1.165) is 23.5 Å². The molecule has 132 valence electrons. The minimum atomic E-state index is -1.00. The van der Waals surface area contributed by atoms with Crippen molar-refractivity contribution in [1.29, 1.82) is 0 Å². The highest BCUT2D eigenvalue weighted by atomic mass is 80.0. The molecule has 0 saturated carbocycles. The minimum Gasteiger partial charge on any atom is -0.109 e. The van der Waals surface area contributed by atoms with Crippen molar-refractivity contribution in [3.63, 3.8) is 0 Å². The van der Waals surface area contributed by atoms with E-state index in [1.165, 1.54) is 0 Å². The van der Waals surface area contributed by atoms with Crippen molar-refractivity contribution in [2.24, 2.45) is 0 Å². The molecule has 3 unspecified atom stereocenters. The van der Waals surface area contributed by atoms with Crippen LogP contribution in [0.5, 0.6) is 0 Å². The van der Waals surface area contributed by atoms with Gasteiger partial charge in [0.1, 0.15) is 9.20 Å². The first-order valence-corrected chi connectivity index (χ1v) is 13.8. The molecule has 0 radical (unpaired) electrons. The highest BCUT2D eigenvalue weighted by molar-refractivity contribution is 9.39. The van der Waals surface area contributed by atoms with Crippen LogP contribution >= 0.6 is 155 Å². The molecule has 0 aliphatic heterocycles. The SMILES string of the molecule is ClC(c1ccccc1)(C(Br)(Br)Br)C1(Br)C(Br)=C(Br)C(Br)=C(Br)C1Br. The highest BCUT2D eigenvalue weighted by Gasteiger charge is 2.66. The fourth-order valence-corrected chi connectivity index (χ4v) is 11.0. The largest absolute Gasteiger partial charge is 0.159 e. The quantitative estimate of drug-likeness (QED) is 0.260. The van der Waals surface area contributed by atoms with Crippen LogP contribution in [0.1, 0.15) is 5.56 Å². The number of rotatable bonds is 2. The lowest BCUT2D eigenvalue weighted by Crippen LogP contribution is -2.57. The summed E-state index contributed by atoms with van der Waals surface area (Å²) in [5.41, 5.74) is 0.911. The molecule has 0 amide bonds. The van der Waals surface area contributed by atoms with Crippen molar-refractivity contribution in [2.75, 3.05) is 0 Å². The number of allylic oxidation sites excluding steroid dienone is 4. The molecule has 10 heteroatoms. The van der Waals surface area contributed by atoms with Crippen molar-refractivity contribution in [1.82, 2.24) is 0 Å².